The second-order valence-electron chi connectivity index (χ2n) is 6.80. The monoisotopic (exact) mass is 393 g/mol. The summed E-state index contributed by atoms with van der Waals surface area (Å²) >= 11 is 1.68. The SMILES string of the molecule is CN=C(NCc1csc(C(C)C)n1)N1CCN(c2cc(F)ccc2F)CC1. The number of halogens is 2. The van der Waals surface area contributed by atoms with Gasteiger partial charge in [0.1, 0.15) is 11.6 Å². The van der Waals surface area contributed by atoms with Crippen molar-refractivity contribution in [2.24, 2.45) is 4.99 Å². The van der Waals surface area contributed by atoms with E-state index in [0.717, 1.165) is 22.7 Å². The third-order valence-corrected chi connectivity index (χ3v) is 5.73. The van der Waals surface area contributed by atoms with Gasteiger partial charge in [0, 0.05) is 50.6 Å². The number of aliphatic imine (C=N–C) groups is 1. The van der Waals surface area contributed by atoms with Crippen molar-refractivity contribution in [2.45, 2.75) is 26.3 Å². The van der Waals surface area contributed by atoms with Crippen LogP contribution in [0.25, 0.3) is 0 Å². The Morgan fingerprint density at radius 3 is 2.63 bits per heavy atom. The van der Waals surface area contributed by atoms with Crippen molar-refractivity contribution in [1.29, 1.82) is 0 Å². The molecular formula is C19H25F2N5S. The zero-order valence-electron chi connectivity index (χ0n) is 15.9. The number of guanidine groups is 1. The van der Waals surface area contributed by atoms with Crippen LogP contribution in [0.5, 0.6) is 0 Å². The van der Waals surface area contributed by atoms with Gasteiger partial charge in [0.25, 0.3) is 0 Å². The molecule has 0 saturated carbocycles. The molecule has 3 rings (SSSR count). The molecule has 1 aliphatic heterocycles. The third-order valence-electron chi connectivity index (χ3n) is 4.53. The zero-order chi connectivity index (χ0) is 19.4. The Balaban J connectivity index is 1.56. The first-order valence-electron chi connectivity index (χ1n) is 9.08. The maximum atomic E-state index is 14.0. The first kappa shape index (κ1) is 19.5. The van der Waals surface area contributed by atoms with Gasteiger partial charge >= 0.3 is 0 Å². The van der Waals surface area contributed by atoms with Crippen LogP contribution in [-0.2, 0) is 6.54 Å². The average molecular weight is 394 g/mol. The third kappa shape index (κ3) is 4.74. The van der Waals surface area contributed by atoms with Gasteiger partial charge < -0.3 is 15.1 Å². The highest BCUT2D eigenvalue weighted by Gasteiger charge is 2.22. The van der Waals surface area contributed by atoms with Gasteiger partial charge in [-0.2, -0.15) is 0 Å². The van der Waals surface area contributed by atoms with Crippen LogP contribution in [0.2, 0.25) is 0 Å². The molecular weight excluding hydrogens is 368 g/mol. The van der Waals surface area contributed by atoms with Crippen molar-refractivity contribution in [3.8, 4) is 0 Å². The number of anilines is 1. The molecule has 8 heteroatoms. The lowest BCUT2D eigenvalue weighted by Crippen LogP contribution is -2.52. The lowest BCUT2D eigenvalue weighted by Gasteiger charge is -2.37. The van der Waals surface area contributed by atoms with Crippen molar-refractivity contribution >= 4 is 23.0 Å². The van der Waals surface area contributed by atoms with Crippen LogP contribution < -0.4 is 10.2 Å². The summed E-state index contributed by atoms with van der Waals surface area (Å²) < 4.78 is 27.4. The Morgan fingerprint density at radius 1 is 1.26 bits per heavy atom. The molecule has 5 nitrogen and oxygen atoms in total. The quantitative estimate of drug-likeness (QED) is 0.638. The largest absolute Gasteiger partial charge is 0.366 e. The summed E-state index contributed by atoms with van der Waals surface area (Å²) in [6.45, 7) is 7.47. The number of hydrogen-bond acceptors (Lipinski definition) is 4. The smallest absolute Gasteiger partial charge is 0.194 e. The predicted octanol–water partition coefficient (Wildman–Crippen LogP) is 3.44. The molecule has 1 aromatic carbocycles. The van der Waals surface area contributed by atoms with Crippen molar-refractivity contribution in [1.82, 2.24) is 15.2 Å². The summed E-state index contributed by atoms with van der Waals surface area (Å²) in [5.74, 6) is 0.417. The average Bonchev–Trinajstić information content (AvgIpc) is 3.14. The molecule has 146 valence electrons. The minimum Gasteiger partial charge on any atom is -0.366 e. The molecule has 2 heterocycles. The standard InChI is InChI=1S/C19H25F2N5S/c1-13(2)18-24-15(12-27-18)11-23-19(22-3)26-8-6-25(7-9-26)17-10-14(20)4-5-16(17)21/h4-5,10,12-13H,6-9,11H2,1-3H3,(H,22,23). The Kier molecular flexibility index (Phi) is 6.26. The lowest BCUT2D eigenvalue weighted by atomic mass is 10.2. The van der Waals surface area contributed by atoms with Crippen molar-refractivity contribution in [3.05, 3.63) is 45.9 Å². The number of hydrogen-bond donors (Lipinski definition) is 1. The Labute approximate surface area is 162 Å². The molecule has 27 heavy (non-hydrogen) atoms. The van der Waals surface area contributed by atoms with E-state index in [1.807, 2.05) is 4.90 Å². The van der Waals surface area contributed by atoms with E-state index in [4.69, 9.17) is 0 Å². The van der Waals surface area contributed by atoms with Crippen molar-refractivity contribution in [3.63, 3.8) is 0 Å². The van der Waals surface area contributed by atoms with E-state index in [-0.39, 0.29) is 0 Å². The first-order valence-corrected chi connectivity index (χ1v) is 9.95. The number of thiazole rings is 1. The molecule has 0 aliphatic carbocycles. The molecule has 0 bridgehead atoms. The highest BCUT2D eigenvalue weighted by Crippen LogP contribution is 2.22. The van der Waals surface area contributed by atoms with Gasteiger partial charge in [-0.3, -0.25) is 4.99 Å². The number of benzene rings is 1. The van der Waals surface area contributed by atoms with Crippen LogP contribution >= 0.6 is 11.3 Å². The van der Waals surface area contributed by atoms with Crippen molar-refractivity contribution in [2.75, 3.05) is 38.1 Å². The van der Waals surface area contributed by atoms with E-state index >= 15 is 0 Å². The van der Waals surface area contributed by atoms with Gasteiger partial charge in [-0.05, 0) is 12.1 Å². The normalized spacial score (nSPS) is 15.6. The molecule has 1 N–H and O–H groups in total. The second kappa shape index (κ2) is 8.65. The summed E-state index contributed by atoms with van der Waals surface area (Å²) in [5, 5.41) is 6.55. The Morgan fingerprint density at radius 2 is 2.00 bits per heavy atom. The molecule has 0 spiro atoms. The van der Waals surface area contributed by atoms with Gasteiger partial charge in [-0.15, -0.1) is 11.3 Å². The number of aromatic nitrogens is 1. The minimum absolute atomic E-state index is 0.321. The van der Waals surface area contributed by atoms with Crippen LogP contribution in [-0.4, -0.2) is 49.1 Å². The number of nitrogens with zero attached hydrogens (tertiary/aromatic N) is 4. The summed E-state index contributed by atoms with van der Waals surface area (Å²) in [4.78, 5) is 13.0. The Bertz CT molecular complexity index is 797. The number of piperazine rings is 1. The molecule has 0 atom stereocenters. The fraction of sp³-hybridized carbons (Fsp3) is 0.474. The number of nitrogens with one attached hydrogen (secondary N) is 1. The van der Waals surface area contributed by atoms with Crippen molar-refractivity contribution < 1.29 is 8.78 Å². The molecule has 0 unspecified atom stereocenters. The summed E-state index contributed by atoms with van der Waals surface area (Å²) in [6, 6.07) is 3.58. The van der Waals surface area contributed by atoms with E-state index in [2.05, 4.69) is 39.4 Å². The highest BCUT2D eigenvalue weighted by atomic mass is 32.1. The second-order valence-corrected chi connectivity index (χ2v) is 7.69. The number of rotatable bonds is 4. The van der Waals surface area contributed by atoms with Gasteiger partial charge in [0.05, 0.1) is 22.9 Å². The summed E-state index contributed by atoms with van der Waals surface area (Å²) in [5.41, 5.74) is 1.33. The minimum atomic E-state index is -0.421. The summed E-state index contributed by atoms with van der Waals surface area (Å²) in [6.07, 6.45) is 0. The van der Waals surface area contributed by atoms with Gasteiger partial charge in [0.15, 0.2) is 5.96 Å². The topological polar surface area (TPSA) is 43.8 Å². The maximum absolute atomic E-state index is 14.0. The molecule has 2 aromatic rings. The van der Waals surface area contributed by atoms with Crippen LogP contribution in [0.3, 0.4) is 0 Å². The predicted molar refractivity (Wildman–Crippen MR) is 107 cm³/mol. The van der Waals surface area contributed by atoms with E-state index in [1.54, 1.807) is 18.4 Å². The molecule has 0 radical (unpaired) electrons. The zero-order valence-corrected chi connectivity index (χ0v) is 16.7. The molecule has 0 amide bonds. The fourth-order valence-electron chi connectivity index (χ4n) is 3.06. The highest BCUT2D eigenvalue weighted by molar-refractivity contribution is 7.09. The maximum Gasteiger partial charge on any atom is 0.194 e. The van der Waals surface area contributed by atoms with E-state index in [9.17, 15) is 8.78 Å². The van der Waals surface area contributed by atoms with Gasteiger partial charge in [0.2, 0.25) is 0 Å². The fourth-order valence-corrected chi connectivity index (χ4v) is 3.89. The van der Waals surface area contributed by atoms with E-state index < -0.39 is 11.6 Å². The Hall–Kier alpha value is -2.22. The van der Waals surface area contributed by atoms with Crippen LogP contribution in [0.4, 0.5) is 14.5 Å². The molecule has 1 fully saturated rings. The van der Waals surface area contributed by atoms with E-state index in [1.165, 1.54) is 12.1 Å². The van der Waals surface area contributed by atoms with Crippen LogP contribution in [0, 0.1) is 11.6 Å². The van der Waals surface area contributed by atoms with Crippen LogP contribution in [0.1, 0.15) is 30.5 Å². The van der Waals surface area contributed by atoms with Crippen LogP contribution in [0.15, 0.2) is 28.6 Å². The molecule has 1 aromatic heterocycles. The van der Waals surface area contributed by atoms with Gasteiger partial charge in [-0.25, -0.2) is 13.8 Å². The summed E-state index contributed by atoms with van der Waals surface area (Å²) in [7, 11) is 1.75. The van der Waals surface area contributed by atoms with E-state index in [0.29, 0.717) is 44.3 Å². The molecule has 1 saturated heterocycles. The lowest BCUT2D eigenvalue weighted by molar-refractivity contribution is 0.370. The molecule has 1 aliphatic rings. The first-order chi connectivity index (χ1) is 13.0. The van der Waals surface area contributed by atoms with Gasteiger partial charge in [-0.1, -0.05) is 13.8 Å².